The lowest BCUT2D eigenvalue weighted by molar-refractivity contribution is 0.470. The number of nitrogens with zero attached hydrogens (tertiary/aromatic N) is 2. The Kier molecular flexibility index (Phi) is 5.31. The number of rotatable bonds is 5. The monoisotopic (exact) mass is 263 g/mol. The number of hydrogen-bond acceptors (Lipinski definition) is 2. The van der Waals surface area contributed by atoms with Gasteiger partial charge in [0, 0.05) is 32.1 Å². The Morgan fingerprint density at radius 3 is 2.89 bits per heavy atom. The molecule has 0 bridgehead atoms. The second kappa shape index (κ2) is 7.22. The molecule has 2 rings (SSSR count). The van der Waals surface area contributed by atoms with Crippen molar-refractivity contribution < 1.29 is 4.42 Å². The van der Waals surface area contributed by atoms with E-state index in [0.717, 1.165) is 44.2 Å². The van der Waals surface area contributed by atoms with Gasteiger partial charge in [0.25, 0.3) is 0 Å². The van der Waals surface area contributed by atoms with Crippen molar-refractivity contribution >= 4 is 5.96 Å². The van der Waals surface area contributed by atoms with Gasteiger partial charge in [0.05, 0.1) is 6.26 Å². The molecule has 1 aromatic heterocycles. The van der Waals surface area contributed by atoms with Crippen LogP contribution in [0.3, 0.4) is 0 Å². The molecule has 1 saturated heterocycles. The van der Waals surface area contributed by atoms with E-state index in [4.69, 9.17) is 9.41 Å². The van der Waals surface area contributed by atoms with E-state index in [1.165, 1.54) is 12.8 Å². The summed E-state index contributed by atoms with van der Waals surface area (Å²) in [4.78, 5) is 7.11. The highest BCUT2D eigenvalue weighted by Crippen LogP contribution is 2.09. The first kappa shape index (κ1) is 14.0. The fourth-order valence-electron chi connectivity index (χ4n) is 2.22. The highest BCUT2D eigenvalue weighted by Gasteiger charge is 2.17. The van der Waals surface area contributed by atoms with E-state index < -0.39 is 0 Å². The molecule has 1 fully saturated rings. The Balaban J connectivity index is 1.90. The maximum Gasteiger partial charge on any atom is 0.194 e. The van der Waals surface area contributed by atoms with E-state index in [1.807, 2.05) is 12.1 Å². The zero-order valence-corrected chi connectivity index (χ0v) is 12.1. The van der Waals surface area contributed by atoms with Gasteiger partial charge in [-0.3, -0.25) is 4.99 Å². The lowest BCUT2D eigenvalue weighted by Crippen LogP contribution is -2.43. The molecule has 0 aliphatic carbocycles. The van der Waals surface area contributed by atoms with E-state index in [0.29, 0.717) is 6.04 Å². The van der Waals surface area contributed by atoms with Crippen molar-refractivity contribution in [3.05, 3.63) is 24.2 Å². The summed E-state index contributed by atoms with van der Waals surface area (Å²) >= 11 is 0. The highest BCUT2D eigenvalue weighted by atomic mass is 16.3. The third-order valence-corrected chi connectivity index (χ3v) is 3.59. The van der Waals surface area contributed by atoms with Gasteiger partial charge in [-0.05, 0) is 38.3 Å². The van der Waals surface area contributed by atoms with E-state index in [9.17, 15) is 0 Å². The molecule has 1 aliphatic rings. The zero-order valence-electron chi connectivity index (χ0n) is 12.1. The molecule has 1 N–H and O–H groups in total. The maximum atomic E-state index is 5.34. The number of nitrogens with one attached hydrogen (secondary N) is 1. The van der Waals surface area contributed by atoms with Gasteiger partial charge in [-0.1, -0.05) is 6.92 Å². The summed E-state index contributed by atoms with van der Waals surface area (Å²) in [6.45, 7) is 7.44. The average Bonchev–Trinajstić information content (AvgIpc) is 3.10. The van der Waals surface area contributed by atoms with E-state index in [1.54, 1.807) is 6.26 Å². The molecular formula is C15H25N3O. The van der Waals surface area contributed by atoms with Gasteiger partial charge in [-0.2, -0.15) is 0 Å². The fraction of sp³-hybridized carbons (Fsp3) is 0.667. The van der Waals surface area contributed by atoms with Gasteiger partial charge in [-0.15, -0.1) is 0 Å². The standard InChI is InChI=1S/C15H25N3O/c1-3-13(2)17-15(18-10-4-5-11-18)16-9-8-14-7-6-12-19-14/h6-7,12-13H,3-5,8-11H2,1-2H3,(H,16,17). The van der Waals surface area contributed by atoms with Crippen LogP contribution in [-0.4, -0.2) is 36.5 Å². The van der Waals surface area contributed by atoms with Crippen molar-refractivity contribution in [2.75, 3.05) is 19.6 Å². The molecule has 2 heterocycles. The first-order valence-electron chi connectivity index (χ1n) is 7.38. The van der Waals surface area contributed by atoms with Crippen LogP contribution in [0.5, 0.6) is 0 Å². The Bertz CT molecular complexity index is 380. The molecule has 19 heavy (non-hydrogen) atoms. The molecule has 1 unspecified atom stereocenters. The number of guanidine groups is 1. The van der Waals surface area contributed by atoms with Gasteiger partial charge in [0.15, 0.2) is 5.96 Å². The van der Waals surface area contributed by atoms with Crippen LogP contribution in [-0.2, 0) is 6.42 Å². The summed E-state index contributed by atoms with van der Waals surface area (Å²) in [6, 6.07) is 4.41. The molecule has 0 saturated carbocycles. The Morgan fingerprint density at radius 1 is 1.47 bits per heavy atom. The van der Waals surface area contributed by atoms with Crippen LogP contribution in [0.25, 0.3) is 0 Å². The third kappa shape index (κ3) is 4.30. The quantitative estimate of drug-likeness (QED) is 0.656. The van der Waals surface area contributed by atoms with Crippen LogP contribution in [0.1, 0.15) is 38.9 Å². The maximum absolute atomic E-state index is 5.34. The molecule has 1 atom stereocenters. The van der Waals surface area contributed by atoms with Crippen LogP contribution < -0.4 is 5.32 Å². The second-order valence-corrected chi connectivity index (χ2v) is 5.18. The summed E-state index contributed by atoms with van der Waals surface area (Å²) in [7, 11) is 0. The molecule has 1 aliphatic heterocycles. The Hall–Kier alpha value is -1.45. The van der Waals surface area contributed by atoms with E-state index >= 15 is 0 Å². The number of hydrogen-bond donors (Lipinski definition) is 1. The van der Waals surface area contributed by atoms with Crippen molar-refractivity contribution in [1.29, 1.82) is 0 Å². The van der Waals surface area contributed by atoms with Gasteiger partial charge >= 0.3 is 0 Å². The average molecular weight is 263 g/mol. The van der Waals surface area contributed by atoms with Gasteiger partial charge in [0.1, 0.15) is 5.76 Å². The number of aliphatic imine (C=N–C) groups is 1. The molecule has 0 amide bonds. The Morgan fingerprint density at radius 2 is 2.26 bits per heavy atom. The van der Waals surface area contributed by atoms with Gasteiger partial charge < -0.3 is 14.6 Å². The van der Waals surface area contributed by atoms with Crippen LogP contribution in [0.4, 0.5) is 0 Å². The SMILES string of the molecule is CCC(C)NC(=NCCc1ccco1)N1CCCC1. The summed E-state index contributed by atoms with van der Waals surface area (Å²) in [5.74, 6) is 2.08. The van der Waals surface area contributed by atoms with E-state index in [2.05, 4.69) is 24.1 Å². The first-order chi connectivity index (χ1) is 9.29. The van der Waals surface area contributed by atoms with Crippen LogP contribution >= 0.6 is 0 Å². The van der Waals surface area contributed by atoms with Crippen molar-refractivity contribution in [2.45, 2.75) is 45.6 Å². The molecule has 106 valence electrons. The largest absolute Gasteiger partial charge is 0.469 e. The molecule has 1 aromatic rings. The lowest BCUT2D eigenvalue weighted by atomic mass is 10.3. The minimum Gasteiger partial charge on any atom is -0.469 e. The predicted molar refractivity (Wildman–Crippen MR) is 78.4 cm³/mol. The smallest absolute Gasteiger partial charge is 0.194 e. The van der Waals surface area contributed by atoms with Crippen molar-refractivity contribution in [2.24, 2.45) is 4.99 Å². The van der Waals surface area contributed by atoms with E-state index in [-0.39, 0.29) is 0 Å². The second-order valence-electron chi connectivity index (χ2n) is 5.18. The van der Waals surface area contributed by atoms with Gasteiger partial charge in [-0.25, -0.2) is 0 Å². The number of likely N-dealkylation sites (tertiary alicyclic amines) is 1. The highest BCUT2D eigenvalue weighted by molar-refractivity contribution is 5.80. The van der Waals surface area contributed by atoms with Crippen LogP contribution in [0.2, 0.25) is 0 Å². The van der Waals surface area contributed by atoms with Crippen molar-refractivity contribution in [3.8, 4) is 0 Å². The summed E-state index contributed by atoms with van der Waals surface area (Å²) < 4.78 is 5.34. The normalized spacial score (nSPS) is 17.8. The minimum atomic E-state index is 0.475. The Labute approximate surface area is 115 Å². The first-order valence-corrected chi connectivity index (χ1v) is 7.38. The topological polar surface area (TPSA) is 40.8 Å². The molecule has 4 nitrogen and oxygen atoms in total. The van der Waals surface area contributed by atoms with Gasteiger partial charge in [0.2, 0.25) is 0 Å². The molecule has 0 spiro atoms. The van der Waals surface area contributed by atoms with Crippen molar-refractivity contribution in [1.82, 2.24) is 10.2 Å². The predicted octanol–water partition coefficient (Wildman–Crippen LogP) is 2.66. The summed E-state index contributed by atoms with van der Waals surface area (Å²) in [5.41, 5.74) is 0. The van der Waals surface area contributed by atoms with Crippen LogP contribution in [0, 0.1) is 0 Å². The zero-order chi connectivity index (χ0) is 13.5. The summed E-state index contributed by atoms with van der Waals surface area (Å²) in [6.07, 6.45) is 6.26. The molecule has 0 aromatic carbocycles. The molecular weight excluding hydrogens is 238 g/mol. The van der Waals surface area contributed by atoms with Crippen molar-refractivity contribution in [3.63, 3.8) is 0 Å². The summed E-state index contributed by atoms with van der Waals surface area (Å²) in [5, 5.41) is 3.53. The van der Waals surface area contributed by atoms with Crippen LogP contribution in [0.15, 0.2) is 27.8 Å². The lowest BCUT2D eigenvalue weighted by Gasteiger charge is -2.24. The minimum absolute atomic E-state index is 0.475. The fourth-order valence-corrected chi connectivity index (χ4v) is 2.22. The number of furan rings is 1. The molecule has 0 radical (unpaired) electrons. The molecule has 4 heteroatoms. The third-order valence-electron chi connectivity index (χ3n) is 3.59.